The smallest absolute Gasteiger partial charge is 0.422 e. The second kappa shape index (κ2) is 9.72. The van der Waals surface area contributed by atoms with E-state index in [0.717, 1.165) is 18.2 Å². The highest BCUT2D eigenvalue weighted by atomic mass is 32.2. The first kappa shape index (κ1) is 25.0. The normalized spacial score (nSPS) is 11.7. The Morgan fingerprint density at radius 1 is 0.971 bits per heavy atom. The fourth-order valence-corrected chi connectivity index (χ4v) is 4.03. The zero-order chi connectivity index (χ0) is 25.1. The summed E-state index contributed by atoms with van der Waals surface area (Å²) in [6.07, 6.45) is -4.57. The molecule has 0 fully saturated rings. The Morgan fingerprint density at radius 2 is 1.65 bits per heavy atom. The molecule has 34 heavy (non-hydrogen) atoms. The maximum Gasteiger partial charge on any atom is 0.422 e. The van der Waals surface area contributed by atoms with E-state index in [4.69, 9.17) is 4.74 Å². The van der Waals surface area contributed by atoms with E-state index < -0.39 is 34.5 Å². The molecule has 0 unspecified atom stereocenters. The second-order valence-electron chi connectivity index (χ2n) is 7.45. The lowest BCUT2D eigenvalue weighted by molar-refractivity contribution is -0.153. The number of nitrogens with one attached hydrogen (secondary N) is 2. The van der Waals surface area contributed by atoms with Crippen LogP contribution in [-0.2, 0) is 10.0 Å². The van der Waals surface area contributed by atoms with Crippen molar-refractivity contribution in [3.63, 3.8) is 0 Å². The van der Waals surface area contributed by atoms with Crippen LogP contribution in [0.4, 0.5) is 28.9 Å². The van der Waals surface area contributed by atoms with Crippen LogP contribution in [-0.4, -0.2) is 27.1 Å². The first-order valence-corrected chi connectivity index (χ1v) is 11.3. The quantitative estimate of drug-likeness (QED) is 0.427. The fraction of sp³-hybridized carbons (Fsp3) is 0.174. The molecular weight excluding hydrogens is 476 g/mol. The highest BCUT2D eigenvalue weighted by molar-refractivity contribution is 7.92. The molecule has 2 N–H and O–H groups in total. The summed E-state index contributed by atoms with van der Waals surface area (Å²) in [5, 5.41) is 2.48. The van der Waals surface area contributed by atoms with Gasteiger partial charge in [0.2, 0.25) is 0 Å². The lowest BCUT2D eigenvalue weighted by Crippen LogP contribution is -2.21. The van der Waals surface area contributed by atoms with Gasteiger partial charge in [0.1, 0.15) is 11.6 Å². The third-order valence-electron chi connectivity index (χ3n) is 4.64. The number of amides is 1. The molecule has 0 aliphatic heterocycles. The number of ether oxygens (including phenoxy) is 1. The molecule has 11 heteroatoms. The van der Waals surface area contributed by atoms with Crippen molar-refractivity contribution >= 4 is 27.3 Å². The van der Waals surface area contributed by atoms with E-state index in [-0.39, 0.29) is 27.6 Å². The van der Waals surface area contributed by atoms with Crippen LogP contribution in [0.15, 0.2) is 65.6 Å². The van der Waals surface area contributed by atoms with Crippen LogP contribution >= 0.6 is 0 Å². The molecule has 1 amide bonds. The van der Waals surface area contributed by atoms with Crippen LogP contribution in [0.3, 0.4) is 0 Å². The number of hydrogen-bond donors (Lipinski definition) is 2. The molecule has 0 heterocycles. The predicted octanol–water partition coefficient (Wildman–Crippen LogP) is 5.44. The van der Waals surface area contributed by atoms with Crippen molar-refractivity contribution in [2.45, 2.75) is 24.9 Å². The van der Waals surface area contributed by atoms with Gasteiger partial charge in [0.15, 0.2) is 6.61 Å². The molecule has 0 aliphatic carbocycles. The molecule has 0 saturated heterocycles. The Kier molecular flexibility index (Phi) is 7.15. The van der Waals surface area contributed by atoms with Gasteiger partial charge < -0.3 is 10.1 Å². The van der Waals surface area contributed by atoms with Crippen molar-refractivity contribution in [1.29, 1.82) is 0 Å². The molecule has 3 aromatic rings. The Bertz CT molecular complexity index is 1310. The van der Waals surface area contributed by atoms with Gasteiger partial charge in [-0.25, -0.2) is 12.8 Å². The summed E-state index contributed by atoms with van der Waals surface area (Å²) in [5.74, 6) is -1.45. The van der Waals surface area contributed by atoms with E-state index in [0.29, 0.717) is 11.1 Å². The monoisotopic (exact) mass is 496 g/mol. The Labute approximate surface area is 193 Å². The summed E-state index contributed by atoms with van der Waals surface area (Å²) in [6.45, 7) is 1.69. The third kappa shape index (κ3) is 6.47. The molecule has 0 aromatic heterocycles. The van der Waals surface area contributed by atoms with Gasteiger partial charge in [-0.05, 0) is 73.5 Å². The van der Waals surface area contributed by atoms with Gasteiger partial charge in [-0.15, -0.1) is 0 Å². The number of anilines is 2. The van der Waals surface area contributed by atoms with Crippen molar-refractivity contribution < 1.29 is 35.5 Å². The Hall–Kier alpha value is -3.60. The second-order valence-corrected chi connectivity index (χ2v) is 9.13. The Balaban J connectivity index is 1.86. The zero-order valence-corrected chi connectivity index (χ0v) is 18.9. The number of alkyl halides is 3. The average molecular weight is 496 g/mol. The van der Waals surface area contributed by atoms with Gasteiger partial charge in [-0.3, -0.25) is 9.52 Å². The molecule has 0 aliphatic rings. The number of halogens is 4. The minimum absolute atomic E-state index is 0.00283. The Morgan fingerprint density at radius 3 is 2.29 bits per heavy atom. The van der Waals surface area contributed by atoms with E-state index in [1.54, 1.807) is 19.9 Å². The highest BCUT2D eigenvalue weighted by Crippen LogP contribution is 2.29. The molecule has 0 bridgehead atoms. The molecular formula is C23H20F4N2O4S. The first-order valence-electron chi connectivity index (χ1n) is 9.85. The number of aryl methyl sites for hydroxylation is 2. The average Bonchev–Trinajstić information content (AvgIpc) is 2.75. The van der Waals surface area contributed by atoms with E-state index >= 15 is 0 Å². The van der Waals surface area contributed by atoms with Crippen molar-refractivity contribution in [2.24, 2.45) is 0 Å². The molecule has 0 radical (unpaired) electrons. The van der Waals surface area contributed by atoms with Crippen molar-refractivity contribution in [3.05, 3.63) is 83.2 Å². The van der Waals surface area contributed by atoms with E-state index in [2.05, 4.69) is 10.0 Å². The molecule has 0 atom stereocenters. The SMILES string of the molecule is Cc1ccc(NC(=O)c2cc(S(=O)(=O)Nc3ccc(F)cc3)ccc2C)c(OCC(F)(F)F)c1. The minimum Gasteiger partial charge on any atom is -0.482 e. The van der Waals surface area contributed by atoms with E-state index in [1.807, 2.05) is 0 Å². The number of benzene rings is 3. The van der Waals surface area contributed by atoms with Gasteiger partial charge in [-0.2, -0.15) is 13.2 Å². The summed E-state index contributed by atoms with van der Waals surface area (Å²) in [5.41, 5.74) is 1.16. The lowest BCUT2D eigenvalue weighted by atomic mass is 10.1. The fourth-order valence-electron chi connectivity index (χ4n) is 2.95. The van der Waals surface area contributed by atoms with Crippen LogP contribution in [0.5, 0.6) is 5.75 Å². The van der Waals surface area contributed by atoms with Crippen LogP contribution in [0.25, 0.3) is 0 Å². The van der Waals surface area contributed by atoms with Crippen molar-refractivity contribution in [3.8, 4) is 5.75 Å². The summed E-state index contributed by atoms with van der Waals surface area (Å²) in [7, 11) is -4.11. The number of hydrogen-bond acceptors (Lipinski definition) is 4. The zero-order valence-electron chi connectivity index (χ0n) is 18.0. The molecule has 0 saturated carbocycles. The summed E-state index contributed by atoms with van der Waals surface area (Å²) in [6, 6.07) is 12.8. The molecule has 3 rings (SSSR count). The molecule has 3 aromatic carbocycles. The number of carbonyl (C=O) groups excluding carboxylic acids is 1. The highest BCUT2D eigenvalue weighted by Gasteiger charge is 2.29. The van der Waals surface area contributed by atoms with E-state index in [1.165, 1.54) is 36.4 Å². The largest absolute Gasteiger partial charge is 0.482 e. The standard InChI is InChI=1S/C23H20F4N2O4S/c1-14-3-10-20(21(11-14)33-13-23(25,26)27)28-22(30)19-12-18(9-4-15(19)2)34(31,32)29-17-7-5-16(24)6-8-17/h3-12,29H,13H2,1-2H3,(H,28,30). The summed E-state index contributed by atoms with van der Waals surface area (Å²) >= 11 is 0. The van der Waals surface area contributed by atoms with Crippen LogP contribution in [0, 0.1) is 19.7 Å². The topological polar surface area (TPSA) is 84.5 Å². The number of carbonyl (C=O) groups is 1. The van der Waals surface area contributed by atoms with Crippen LogP contribution in [0.1, 0.15) is 21.5 Å². The van der Waals surface area contributed by atoms with Gasteiger partial charge in [0.25, 0.3) is 15.9 Å². The van der Waals surface area contributed by atoms with Crippen LogP contribution in [0.2, 0.25) is 0 Å². The van der Waals surface area contributed by atoms with Gasteiger partial charge in [0.05, 0.1) is 10.6 Å². The third-order valence-corrected chi connectivity index (χ3v) is 6.02. The number of sulfonamides is 1. The van der Waals surface area contributed by atoms with E-state index in [9.17, 15) is 30.8 Å². The van der Waals surface area contributed by atoms with Crippen LogP contribution < -0.4 is 14.8 Å². The number of rotatable bonds is 7. The van der Waals surface area contributed by atoms with Crippen molar-refractivity contribution in [1.82, 2.24) is 0 Å². The predicted molar refractivity (Wildman–Crippen MR) is 119 cm³/mol. The summed E-state index contributed by atoms with van der Waals surface area (Å²) in [4.78, 5) is 12.7. The van der Waals surface area contributed by atoms with Gasteiger partial charge in [-0.1, -0.05) is 12.1 Å². The van der Waals surface area contributed by atoms with Gasteiger partial charge >= 0.3 is 6.18 Å². The van der Waals surface area contributed by atoms with Gasteiger partial charge in [0, 0.05) is 11.3 Å². The first-order chi connectivity index (χ1) is 15.8. The molecule has 180 valence electrons. The lowest BCUT2D eigenvalue weighted by Gasteiger charge is -2.16. The maximum atomic E-state index is 13.1. The maximum absolute atomic E-state index is 13.1. The summed E-state index contributed by atoms with van der Waals surface area (Å²) < 4.78 is 83.5. The minimum atomic E-state index is -4.57. The molecule has 6 nitrogen and oxygen atoms in total. The van der Waals surface area contributed by atoms with Crippen molar-refractivity contribution in [2.75, 3.05) is 16.6 Å². The molecule has 0 spiro atoms.